The Balaban J connectivity index is 4.81. The van der Waals surface area contributed by atoms with Gasteiger partial charge in [0, 0.05) is 0 Å². The van der Waals surface area contributed by atoms with Crippen LogP contribution in [0.1, 0.15) is 19.8 Å². The van der Waals surface area contributed by atoms with Gasteiger partial charge in [-0.1, -0.05) is 13.3 Å². The SMILES string of the molecule is CCCC(O)(Br)C(O)(O)C(O)(O)O. The molecule has 0 aliphatic heterocycles. The monoisotopic (exact) mass is 260 g/mol. The van der Waals surface area contributed by atoms with Crippen molar-refractivity contribution in [3.8, 4) is 0 Å². The lowest BCUT2D eigenvalue weighted by atomic mass is 10.0. The zero-order valence-corrected chi connectivity index (χ0v) is 8.56. The van der Waals surface area contributed by atoms with Crippen LogP contribution in [0.15, 0.2) is 0 Å². The Morgan fingerprint density at radius 1 is 1.00 bits per heavy atom. The number of halogens is 1. The first kappa shape index (κ1) is 13.2. The lowest BCUT2D eigenvalue weighted by molar-refractivity contribution is -0.468. The van der Waals surface area contributed by atoms with E-state index >= 15 is 0 Å². The fourth-order valence-corrected chi connectivity index (χ4v) is 1.43. The van der Waals surface area contributed by atoms with Gasteiger partial charge in [-0.25, -0.2) is 0 Å². The summed E-state index contributed by atoms with van der Waals surface area (Å²) in [7, 11) is 0. The van der Waals surface area contributed by atoms with Gasteiger partial charge in [-0.2, -0.15) is 0 Å². The van der Waals surface area contributed by atoms with Gasteiger partial charge in [0.15, 0.2) is 4.51 Å². The molecular weight excluding hydrogens is 248 g/mol. The van der Waals surface area contributed by atoms with Crippen molar-refractivity contribution in [3.63, 3.8) is 0 Å². The molecule has 0 aromatic rings. The van der Waals surface area contributed by atoms with Crippen LogP contribution in [-0.4, -0.2) is 46.9 Å². The van der Waals surface area contributed by atoms with Gasteiger partial charge in [0.1, 0.15) is 0 Å². The van der Waals surface area contributed by atoms with Crippen LogP contribution in [-0.2, 0) is 0 Å². The predicted octanol–water partition coefficient (Wildman–Crippen LogP) is -1.82. The Hall–Kier alpha value is 0.240. The van der Waals surface area contributed by atoms with E-state index in [-0.39, 0.29) is 6.42 Å². The molecule has 0 rings (SSSR count). The summed E-state index contributed by atoms with van der Waals surface area (Å²) in [6.07, 6.45) is 0.143. The molecule has 80 valence electrons. The Morgan fingerprint density at radius 3 is 1.62 bits per heavy atom. The van der Waals surface area contributed by atoms with E-state index in [2.05, 4.69) is 15.9 Å². The van der Waals surface area contributed by atoms with Crippen molar-refractivity contribution >= 4 is 15.9 Å². The molecule has 0 aliphatic carbocycles. The van der Waals surface area contributed by atoms with Gasteiger partial charge in [0.2, 0.25) is 0 Å². The van der Waals surface area contributed by atoms with Crippen LogP contribution >= 0.6 is 15.9 Å². The van der Waals surface area contributed by atoms with Crippen LogP contribution in [0.5, 0.6) is 0 Å². The number of hydrogen-bond donors (Lipinski definition) is 6. The first-order valence-electron chi connectivity index (χ1n) is 3.59. The van der Waals surface area contributed by atoms with Gasteiger partial charge in [-0.3, -0.25) is 0 Å². The average Bonchev–Trinajstić information content (AvgIpc) is 1.84. The van der Waals surface area contributed by atoms with Gasteiger partial charge in [0.25, 0.3) is 5.79 Å². The molecule has 7 heteroatoms. The maximum atomic E-state index is 9.31. The summed E-state index contributed by atoms with van der Waals surface area (Å²) in [6, 6.07) is 0. The highest BCUT2D eigenvalue weighted by molar-refractivity contribution is 9.10. The lowest BCUT2D eigenvalue weighted by Gasteiger charge is -2.39. The predicted molar refractivity (Wildman–Crippen MR) is 45.3 cm³/mol. The zero-order valence-electron chi connectivity index (χ0n) is 6.98. The molecule has 0 spiro atoms. The molecule has 1 unspecified atom stereocenters. The Kier molecular flexibility index (Phi) is 3.84. The van der Waals surface area contributed by atoms with Crippen molar-refractivity contribution in [2.45, 2.75) is 36.0 Å². The van der Waals surface area contributed by atoms with Crippen LogP contribution in [0.3, 0.4) is 0 Å². The van der Waals surface area contributed by atoms with E-state index in [1.54, 1.807) is 6.92 Å². The quantitative estimate of drug-likeness (QED) is 0.262. The fourth-order valence-electron chi connectivity index (χ4n) is 0.763. The van der Waals surface area contributed by atoms with Crippen LogP contribution < -0.4 is 0 Å². The van der Waals surface area contributed by atoms with Gasteiger partial charge in [-0.15, -0.1) is 0 Å². The highest BCUT2D eigenvalue weighted by Crippen LogP contribution is 2.36. The molecule has 6 N–H and O–H groups in total. The number of alkyl halides is 1. The van der Waals surface area contributed by atoms with Crippen molar-refractivity contribution < 1.29 is 30.6 Å². The summed E-state index contributed by atoms with van der Waals surface area (Å²) in [5.74, 6) is -7.28. The Morgan fingerprint density at radius 2 is 1.38 bits per heavy atom. The lowest BCUT2D eigenvalue weighted by Crippen LogP contribution is -2.65. The Labute approximate surface area is 83.2 Å². The first-order chi connectivity index (χ1) is 5.56. The van der Waals surface area contributed by atoms with E-state index in [1.165, 1.54) is 0 Å². The molecule has 0 saturated carbocycles. The molecule has 0 amide bonds. The van der Waals surface area contributed by atoms with Crippen molar-refractivity contribution in [1.82, 2.24) is 0 Å². The van der Waals surface area contributed by atoms with E-state index in [1.807, 2.05) is 0 Å². The average molecular weight is 261 g/mol. The van der Waals surface area contributed by atoms with Crippen molar-refractivity contribution in [1.29, 1.82) is 0 Å². The topological polar surface area (TPSA) is 121 Å². The second-order valence-electron chi connectivity index (χ2n) is 2.82. The summed E-state index contributed by atoms with van der Waals surface area (Å²) in [4.78, 5) is 0. The van der Waals surface area contributed by atoms with E-state index < -0.39 is 16.3 Å². The zero-order chi connectivity index (χ0) is 10.9. The Bertz CT molecular complexity index is 172. The minimum atomic E-state index is -3.81. The molecule has 1 atom stereocenters. The maximum absolute atomic E-state index is 9.31. The summed E-state index contributed by atoms with van der Waals surface area (Å²) in [5, 5.41) is 52.9. The van der Waals surface area contributed by atoms with E-state index in [0.717, 1.165) is 0 Å². The molecule has 13 heavy (non-hydrogen) atoms. The minimum absolute atomic E-state index is 0.191. The first-order valence-corrected chi connectivity index (χ1v) is 4.38. The fraction of sp³-hybridized carbons (Fsp3) is 1.00. The molecule has 0 heterocycles. The van der Waals surface area contributed by atoms with Gasteiger partial charge in [-0.05, 0) is 22.4 Å². The molecule has 0 aliphatic rings. The van der Waals surface area contributed by atoms with E-state index in [0.29, 0.717) is 6.42 Å². The standard InChI is InChI=1S/C6H13BrO6/c1-2-3-4(7,8)5(9,10)6(11,12)13/h8-13H,2-3H2,1H3. The molecule has 0 aromatic heterocycles. The molecule has 0 bridgehead atoms. The van der Waals surface area contributed by atoms with E-state index in [9.17, 15) is 5.11 Å². The normalized spacial score (nSPS) is 18.5. The van der Waals surface area contributed by atoms with Crippen LogP contribution in [0.4, 0.5) is 0 Å². The van der Waals surface area contributed by atoms with Crippen molar-refractivity contribution in [3.05, 3.63) is 0 Å². The van der Waals surface area contributed by atoms with Crippen molar-refractivity contribution in [2.24, 2.45) is 0 Å². The van der Waals surface area contributed by atoms with Crippen molar-refractivity contribution in [2.75, 3.05) is 0 Å². The molecule has 0 saturated heterocycles. The van der Waals surface area contributed by atoms with Gasteiger partial charge >= 0.3 is 5.97 Å². The summed E-state index contributed by atoms with van der Waals surface area (Å²) >= 11 is 2.48. The second kappa shape index (κ2) is 3.77. The highest BCUT2D eigenvalue weighted by Gasteiger charge is 2.60. The molecular formula is C6H13BrO6. The summed E-state index contributed by atoms with van der Waals surface area (Å²) < 4.78 is -2.40. The number of hydrogen-bond acceptors (Lipinski definition) is 6. The van der Waals surface area contributed by atoms with Crippen LogP contribution in [0, 0.1) is 0 Å². The summed E-state index contributed by atoms with van der Waals surface area (Å²) in [6.45, 7) is 1.62. The third-order valence-electron chi connectivity index (χ3n) is 1.58. The molecule has 6 nitrogen and oxygen atoms in total. The molecule has 0 radical (unpaired) electrons. The van der Waals surface area contributed by atoms with Gasteiger partial charge in [0.05, 0.1) is 0 Å². The highest BCUT2D eigenvalue weighted by atomic mass is 79.9. The third kappa shape index (κ3) is 2.59. The largest absolute Gasteiger partial charge is 0.373 e. The second-order valence-corrected chi connectivity index (χ2v) is 4.13. The van der Waals surface area contributed by atoms with E-state index in [4.69, 9.17) is 25.5 Å². The number of aliphatic hydroxyl groups is 6. The smallest absolute Gasteiger partial charge is 0.336 e. The minimum Gasteiger partial charge on any atom is -0.373 e. The van der Waals surface area contributed by atoms with Crippen LogP contribution in [0.2, 0.25) is 0 Å². The number of rotatable bonds is 4. The van der Waals surface area contributed by atoms with Crippen LogP contribution in [0.25, 0.3) is 0 Å². The summed E-state index contributed by atoms with van der Waals surface area (Å²) in [5.41, 5.74) is 0. The molecule has 0 fully saturated rings. The third-order valence-corrected chi connectivity index (χ3v) is 2.53. The maximum Gasteiger partial charge on any atom is 0.336 e. The van der Waals surface area contributed by atoms with Gasteiger partial charge < -0.3 is 30.6 Å². The molecule has 0 aromatic carbocycles.